The van der Waals surface area contributed by atoms with Crippen LogP contribution < -0.4 is 21.3 Å². The van der Waals surface area contributed by atoms with Crippen LogP contribution in [0.1, 0.15) is 10.5 Å². The zero-order chi connectivity index (χ0) is 21.4. The number of thiazole rings is 1. The minimum Gasteiger partial charge on any atom is -0.382 e. The monoisotopic (exact) mass is 497 g/mol. The smallest absolute Gasteiger partial charge is 0.275 e. The van der Waals surface area contributed by atoms with E-state index in [4.69, 9.17) is 5.73 Å². The summed E-state index contributed by atoms with van der Waals surface area (Å²) in [5.41, 5.74) is 9.05. The van der Waals surface area contributed by atoms with Crippen molar-refractivity contribution in [2.24, 2.45) is 0 Å². The summed E-state index contributed by atoms with van der Waals surface area (Å²) in [6.45, 7) is 3.65. The molecule has 10 heteroatoms. The van der Waals surface area contributed by atoms with Gasteiger partial charge in [0.15, 0.2) is 5.82 Å². The van der Waals surface area contributed by atoms with Crippen molar-refractivity contribution < 1.29 is 4.79 Å². The fourth-order valence-electron chi connectivity index (χ4n) is 3.67. The average molecular weight is 498 g/mol. The van der Waals surface area contributed by atoms with Crippen LogP contribution in [0.25, 0.3) is 16.0 Å². The van der Waals surface area contributed by atoms with Crippen LogP contribution in [0.5, 0.6) is 0 Å². The topological polar surface area (TPSA) is 101 Å². The van der Waals surface area contributed by atoms with Crippen LogP contribution in [0, 0.1) is 0 Å². The number of nitrogens with one attached hydrogen (secondary N) is 2. The molecular weight excluding hydrogens is 478 g/mol. The van der Waals surface area contributed by atoms with Gasteiger partial charge in [-0.1, -0.05) is 28.1 Å². The highest BCUT2D eigenvalue weighted by Crippen LogP contribution is 2.29. The van der Waals surface area contributed by atoms with Crippen molar-refractivity contribution in [3.05, 3.63) is 58.0 Å². The molecule has 0 radical (unpaired) electrons. The average Bonchev–Trinajstić information content (AvgIpc) is 3.40. The zero-order valence-electron chi connectivity index (χ0n) is 16.5. The lowest BCUT2D eigenvalue weighted by Crippen LogP contribution is -2.43. The lowest BCUT2D eigenvalue weighted by atomic mass is 10.2. The molecular formula is C21H20BrN7OS. The lowest BCUT2D eigenvalue weighted by Gasteiger charge is -2.31. The zero-order valence-corrected chi connectivity index (χ0v) is 18.9. The third-order valence-corrected chi connectivity index (χ3v) is 6.50. The fourth-order valence-corrected chi connectivity index (χ4v) is 4.80. The molecule has 4 N–H and O–H groups in total. The van der Waals surface area contributed by atoms with E-state index >= 15 is 0 Å². The number of para-hydroxylation sites is 2. The highest BCUT2D eigenvalue weighted by atomic mass is 79.9. The van der Waals surface area contributed by atoms with Gasteiger partial charge in [-0.25, -0.2) is 9.67 Å². The summed E-state index contributed by atoms with van der Waals surface area (Å²) in [5.74, 6) is 0.166. The second kappa shape index (κ2) is 8.29. The largest absolute Gasteiger partial charge is 0.382 e. The molecule has 1 aliphatic rings. The molecule has 2 aromatic carbocycles. The van der Waals surface area contributed by atoms with Crippen molar-refractivity contribution >= 4 is 61.3 Å². The van der Waals surface area contributed by atoms with Crippen LogP contribution in [0.4, 0.5) is 17.2 Å². The summed E-state index contributed by atoms with van der Waals surface area (Å²) < 4.78 is 2.60. The van der Waals surface area contributed by atoms with Crippen molar-refractivity contribution in [3.8, 4) is 5.13 Å². The number of amides is 1. The third-order valence-electron chi connectivity index (χ3n) is 5.19. The van der Waals surface area contributed by atoms with Gasteiger partial charge in [-0.05, 0) is 30.3 Å². The maximum atomic E-state index is 12.9. The lowest BCUT2D eigenvalue weighted by molar-refractivity contribution is 0.102. The Kier molecular flexibility index (Phi) is 5.34. The molecule has 158 valence electrons. The van der Waals surface area contributed by atoms with Crippen LogP contribution in [0.3, 0.4) is 0 Å². The highest BCUT2D eigenvalue weighted by Gasteiger charge is 2.19. The van der Waals surface area contributed by atoms with Crippen LogP contribution in [0.15, 0.2) is 52.3 Å². The van der Waals surface area contributed by atoms with E-state index in [1.807, 2.05) is 42.5 Å². The first-order valence-electron chi connectivity index (χ1n) is 9.86. The van der Waals surface area contributed by atoms with Crippen molar-refractivity contribution in [1.29, 1.82) is 0 Å². The number of carbonyl (C=O) groups excluding carboxylic acids is 1. The van der Waals surface area contributed by atoms with Gasteiger partial charge in [-0.2, -0.15) is 0 Å². The Hall–Kier alpha value is -2.95. The molecule has 2 aromatic heterocycles. The number of fused-ring (bicyclic) bond motifs is 1. The summed E-state index contributed by atoms with van der Waals surface area (Å²) in [6.07, 6.45) is 0. The number of rotatable bonds is 4. The van der Waals surface area contributed by atoms with E-state index in [-0.39, 0.29) is 5.91 Å². The predicted octanol–water partition coefficient (Wildman–Crippen LogP) is 3.49. The molecule has 1 aliphatic heterocycles. The number of anilines is 3. The molecule has 1 fully saturated rings. The fraction of sp³-hybridized carbons (Fsp3) is 0.190. The molecule has 0 unspecified atom stereocenters. The quantitative estimate of drug-likeness (QED) is 0.398. The number of benzene rings is 2. The molecule has 1 amide bonds. The molecule has 4 aromatic rings. The van der Waals surface area contributed by atoms with E-state index in [0.29, 0.717) is 16.6 Å². The van der Waals surface area contributed by atoms with Crippen LogP contribution in [-0.4, -0.2) is 46.9 Å². The second-order valence-corrected chi connectivity index (χ2v) is 8.93. The molecule has 8 nitrogen and oxygen atoms in total. The number of nitrogens with zero attached hydrogens (tertiary/aromatic N) is 4. The second-order valence-electron chi connectivity index (χ2n) is 7.18. The Balaban J connectivity index is 1.41. The Morgan fingerprint density at radius 1 is 1.19 bits per heavy atom. The summed E-state index contributed by atoms with van der Waals surface area (Å²) in [5, 5.41) is 13.9. The highest BCUT2D eigenvalue weighted by molar-refractivity contribution is 9.10. The number of halogens is 1. The van der Waals surface area contributed by atoms with Crippen molar-refractivity contribution in [3.63, 3.8) is 0 Å². The number of nitrogen functional groups attached to an aromatic ring is 1. The Labute approximate surface area is 191 Å². The molecule has 0 atom stereocenters. The van der Waals surface area contributed by atoms with E-state index in [9.17, 15) is 4.79 Å². The van der Waals surface area contributed by atoms with Crippen LogP contribution in [-0.2, 0) is 0 Å². The van der Waals surface area contributed by atoms with Crippen molar-refractivity contribution in [2.75, 3.05) is 42.1 Å². The molecule has 1 saturated heterocycles. The molecule has 3 heterocycles. The van der Waals surface area contributed by atoms with E-state index in [0.717, 1.165) is 52.9 Å². The molecule has 5 rings (SSSR count). The molecule has 0 aliphatic carbocycles. The van der Waals surface area contributed by atoms with Crippen molar-refractivity contribution in [2.45, 2.75) is 0 Å². The number of aromatic nitrogens is 3. The summed E-state index contributed by atoms with van der Waals surface area (Å²) in [7, 11) is 0. The number of hydrogen-bond donors (Lipinski definition) is 3. The van der Waals surface area contributed by atoms with Gasteiger partial charge in [-0.15, -0.1) is 16.4 Å². The van der Waals surface area contributed by atoms with Gasteiger partial charge in [0.1, 0.15) is 5.69 Å². The summed E-state index contributed by atoms with van der Waals surface area (Å²) in [6, 6.07) is 13.6. The van der Waals surface area contributed by atoms with Gasteiger partial charge >= 0.3 is 0 Å². The van der Waals surface area contributed by atoms with Crippen LogP contribution in [0.2, 0.25) is 0 Å². The van der Waals surface area contributed by atoms with Gasteiger partial charge in [-0.3, -0.25) is 4.79 Å². The Bertz CT molecular complexity index is 1260. The van der Waals surface area contributed by atoms with Gasteiger partial charge in [0.2, 0.25) is 5.13 Å². The summed E-state index contributed by atoms with van der Waals surface area (Å²) >= 11 is 4.80. The molecule has 0 bridgehead atoms. The molecule has 0 saturated carbocycles. The number of hydrogen-bond acceptors (Lipinski definition) is 7. The maximum absolute atomic E-state index is 12.9. The Morgan fingerprint density at radius 3 is 2.84 bits per heavy atom. The maximum Gasteiger partial charge on any atom is 0.275 e. The van der Waals surface area contributed by atoms with Crippen LogP contribution >= 0.6 is 27.3 Å². The minimum atomic E-state index is -0.253. The standard InChI is InChI=1S/C21H20BrN7OS/c22-13-5-6-17-14(11-13)19(23)27-29(17)21-26-16(12-31-21)20(30)25-15-3-1-2-4-18(15)28-9-7-24-8-10-28/h1-6,11-12,24H,7-10H2,(H2,23,27)(H,25,30). The third kappa shape index (κ3) is 3.89. The first kappa shape index (κ1) is 20.0. The summed E-state index contributed by atoms with van der Waals surface area (Å²) in [4.78, 5) is 19.7. The number of piperazine rings is 1. The van der Waals surface area contributed by atoms with E-state index in [2.05, 4.69) is 41.5 Å². The normalized spacial score (nSPS) is 14.2. The molecule has 0 spiro atoms. The number of carbonyl (C=O) groups is 1. The van der Waals surface area contributed by atoms with E-state index in [1.54, 1.807) is 10.1 Å². The first-order valence-corrected chi connectivity index (χ1v) is 11.5. The Morgan fingerprint density at radius 2 is 2.00 bits per heavy atom. The van der Waals surface area contributed by atoms with Gasteiger partial charge < -0.3 is 21.3 Å². The minimum absolute atomic E-state index is 0.253. The number of nitrogens with two attached hydrogens (primary N) is 1. The van der Waals surface area contributed by atoms with Crippen molar-refractivity contribution in [1.82, 2.24) is 20.1 Å². The van der Waals surface area contributed by atoms with E-state index in [1.165, 1.54) is 11.3 Å². The molecule has 31 heavy (non-hydrogen) atoms. The first-order chi connectivity index (χ1) is 15.1. The SMILES string of the molecule is Nc1nn(-c2nc(C(=O)Nc3ccccc3N3CCNCC3)cs2)c2ccc(Br)cc12. The van der Waals surface area contributed by atoms with Gasteiger partial charge in [0, 0.05) is 41.4 Å². The van der Waals surface area contributed by atoms with Gasteiger partial charge in [0.25, 0.3) is 5.91 Å². The van der Waals surface area contributed by atoms with Gasteiger partial charge in [0.05, 0.1) is 16.9 Å². The predicted molar refractivity (Wildman–Crippen MR) is 128 cm³/mol. The van der Waals surface area contributed by atoms with E-state index < -0.39 is 0 Å².